The first-order chi connectivity index (χ1) is 8.20. The van der Waals surface area contributed by atoms with Gasteiger partial charge in [0.05, 0.1) is 6.07 Å². The van der Waals surface area contributed by atoms with Crippen molar-refractivity contribution in [2.75, 3.05) is 6.54 Å². The monoisotopic (exact) mass is 296 g/mol. The van der Waals surface area contributed by atoms with Gasteiger partial charge in [0.25, 0.3) is 0 Å². The van der Waals surface area contributed by atoms with E-state index in [1.54, 1.807) is 6.07 Å². The predicted octanol–water partition coefficient (Wildman–Crippen LogP) is 3.47. The topological polar surface area (TPSA) is 27.0 Å². The molecule has 0 spiro atoms. The summed E-state index contributed by atoms with van der Waals surface area (Å²) in [5, 5.41) is 8.62. The van der Waals surface area contributed by atoms with E-state index in [-0.39, 0.29) is 5.82 Å². The lowest BCUT2D eigenvalue weighted by Crippen LogP contribution is -2.27. The minimum absolute atomic E-state index is 0.171. The Bertz CT molecular complexity index is 438. The van der Waals surface area contributed by atoms with Gasteiger partial charge in [-0.3, -0.25) is 4.90 Å². The molecule has 0 N–H and O–H groups in total. The molecule has 2 rings (SSSR count). The van der Waals surface area contributed by atoms with E-state index in [2.05, 4.69) is 26.9 Å². The van der Waals surface area contributed by atoms with Crippen LogP contribution in [0.2, 0.25) is 0 Å². The second kappa shape index (κ2) is 5.61. The first-order valence-electron chi connectivity index (χ1n) is 5.75. The fraction of sp³-hybridized carbons (Fsp3) is 0.462. The molecule has 1 fully saturated rings. The summed E-state index contributed by atoms with van der Waals surface area (Å²) < 4.78 is 14.5. The van der Waals surface area contributed by atoms with Crippen LogP contribution >= 0.6 is 15.9 Å². The molecule has 0 atom stereocenters. The van der Waals surface area contributed by atoms with Crippen LogP contribution in [-0.4, -0.2) is 17.5 Å². The molecule has 0 heterocycles. The van der Waals surface area contributed by atoms with Gasteiger partial charge < -0.3 is 0 Å². The fourth-order valence-corrected chi connectivity index (χ4v) is 2.32. The van der Waals surface area contributed by atoms with Crippen molar-refractivity contribution >= 4 is 15.9 Å². The highest BCUT2D eigenvalue weighted by Crippen LogP contribution is 2.29. The minimum Gasteiger partial charge on any atom is -0.295 e. The van der Waals surface area contributed by atoms with Gasteiger partial charge >= 0.3 is 0 Å². The van der Waals surface area contributed by atoms with E-state index in [1.165, 1.54) is 18.9 Å². The zero-order valence-electron chi connectivity index (χ0n) is 9.50. The molecule has 1 aromatic rings. The number of rotatable bonds is 5. The van der Waals surface area contributed by atoms with Crippen LogP contribution < -0.4 is 0 Å². The van der Waals surface area contributed by atoms with Crippen molar-refractivity contribution in [2.24, 2.45) is 0 Å². The molecule has 90 valence electrons. The van der Waals surface area contributed by atoms with Crippen LogP contribution in [0.3, 0.4) is 0 Å². The van der Waals surface area contributed by atoms with E-state index in [0.717, 1.165) is 11.0 Å². The molecule has 1 aromatic carbocycles. The first-order valence-corrected chi connectivity index (χ1v) is 6.55. The molecule has 0 aromatic heterocycles. The Kier molecular flexibility index (Phi) is 4.14. The Hall–Kier alpha value is -0.920. The molecule has 1 saturated carbocycles. The normalized spacial score (nSPS) is 14.9. The lowest BCUT2D eigenvalue weighted by atomic mass is 10.2. The smallest absolute Gasteiger partial charge is 0.127 e. The van der Waals surface area contributed by atoms with Crippen LogP contribution in [0.25, 0.3) is 0 Å². The van der Waals surface area contributed by atoms with Gasteiger partial charge in [0.15, 0.2) is 0 Å². The summed E-state index contributed by atoms with van der Waals surface area (Å²) >= 11 is 3.35. The Labute approximate surface area is 109 Å². The average Bonchev–Trinajstić information content (AvgIpc) is 3.13. The molecule has 17 heavy (non-hydrogen) atoms. The highest BCUT2D eigenvalue weighted by molar-refractivity contribution is 9.10. The molecule has 1 aliphatic carbocycles. The van der Waals surface area contributed by atoms with E-state index >= 15 is 0 Å². The van der Waals surface area contributed by atoms with Crippen molar-refractivity contribution in [3.63, 3.8) is 0 Å². The lowest BCUT2D eigenvalue weighted by molar-refractivity contribution is 0.257. The third kappa shape index (κ3) is 3.52. The van der Waals surface area contributed by atoms with Gasteiger partial charge in [0.2, 0.25) is 0 Å². The summed E-state index contributed by atoms with van der Waals surface area (Å²) in [6.45, 7) is 1.32. The van der Waals surface area contributed by atoms with Crippen LogP contribution in [0.4, 0.5) is 4.39 Å². The molecule has 0 bridgehead atoms. The summed E-state index contributed by atoms with van der Waals surface area (Å²) in [6, 6.07) is 7.69. The highest BCUT2D eigenvalue weighted by atomic mass is 79.9. The molecule has 0 saturated heterocycles. The van der Waals surface area contributed by atoms with E-state index in [9.17, 15) is 4.39 Å². The van der Waals surface area contributed by atoms with Gasteiger partial charge in [0.1, 0.15) is 5.82 Å². The Morgan fingerprint density at radius 2 is 2.24 bits per heavy atom. The van der Waals surface area contributed by atoms with Crippen LogP contribution in [0.1, 0.15) is 24.8 Å². The van der Waals surface area contributed by atoms with Crippen molar-refractivity contribution < 1.29 is 4.39 Å². The quantitative estimate of drug-likeness (QED) is 0.832. The van der Waals surface area contributed by atoms with Gasteiger partial charge in [-0.1, -0.05) is 15.9 Å². The summed E-state index contributed by atoms with van der Waals surface area (Å²) in [5.74, 6) is -0.171. The maximum absolute atomic E-state index is 13.6. The standard InChI is InChI=1S/C13H14BrFN2/c14-11-2-5-13(15)10(8-11)9-17(7-1-6-16)12-3-4-12/h2,5,8,12H,1,3-4,7,9H2. The molecule has 0 unspecified atom stereocenters. The molecule has 2 nitrogen and oxygen atoms in total. The first kappa shape index (κ1) is 12.5. The van der Waals surface area contributed by atoms with Crippen LogP contribution in [-0.2, 0) is 6.54 Å². The van der Waals surface area contributed by atoms with Crippen molar-refractivity contribution in [1.29, 1.82) is 5.26 Å². The minimum atomic E-state index is -0.171. The number of hydrogen-bond acceptors (Lipinski definition) is 2. The third-order valence-corrected chi connectivity index (χ3v) is 3.45. The Morgan fingerprint density at radius 3 is 2.88 bits per heavy atom. The van der Waals surface area contributed by atoms with Gasteiger partial charge in [-0.05, 0) is 31.0 Å². The average molecular weight is 297 g/mol. The van der Waals surface area contributed by atoms with Gasteiger partial charge in [0, 0.05) is 35.6 Å². The SMILES string of the molecule is N#CCCN(Cc1cc(Br)ccc1F)C1CC1. The molecule has 0 aliphatic heterocycles. The van der Waals surface area contributed by atoms with Gasteiger partial charge in [-0.2, -0.15) is 5.26 Å². The summed E-state index contributed by atoms with van der Waals surface area (Å²) in [6.07, 6.45) is 2.84. The fourth-order valence-electron chi connectivity index (χ4n) is 1.91. The molecule has 0 radical (unpaired) electrons. The number of benzene rings is 1. The van der Waals surface area contributed by atoms with E-state index in [1.807, 2.05) is 6.07 Å². The molecule has 0 amide bonds. The third-order valence-electron chi connectivity index (χ3n) is 2.96. The zero-order valence-corrected chi connectivity index (χ0v) is 11.1. The Morgan fingerprint density at radius 1 is 1.47 bits per heavy atom. The number of hydrogen-bond donors (Lipinski definition) is 0. The maximum atomic E-state index is 13.6. The van der Waals surface area contributed by atoms with Crippen molar-refractivity contribution in [2.45, 2.75) is 31.8 Å². The maximum Gasteiger partial charge on any atom is 0.127 e. The largest absolute Gasteiger partial charge is 0.295 e. The summed E-state index contributed by atoms with van der Waals surface area (Å²) in [7, 11) is 0. The van der Waals surface area contributed by atoms with Gasteiger partial charge in [-0.15, -0.1) is 0 Å². The lowest BCUT2D eigenvalue weighted by Gasteiger charge is -2.21. The number of nitriles is 1. The van der Waals surface area contributed by atoms with E-state index < -0.39 is 0 Å². The van der Waals surface area contributed by atoms with Crippen molar-refractivity contribution in [1.82, 2.24) is 4.90 Å². The van der Waals surface area contributed by atoms with Crippen LogP contribution in [0, 0.1) is 17.1 Å². The molecular formula is C13H14BrFN2. The highest BCUT2D eigenvalue weighted by Gasteiger charge is 2.29. The summed E-state index contributed by atoms with van der Waals surface area (Å²) in [4.78, 5) is 2.20. The van der Waals surface area contributed by atoms with Crippen LogP contribution in [0.15, 0.2) is 22.7 Å². The molecule has 1 aliphatic rings. The van der Waals surface area contributed by atoms with Gasteiger partial charge in [-0.25, -0.2) is 4.39 Å². The second-order valence-electron chi connectivity index (χ2n) is 4.35. The van der Waals surface area contributed by atoms with E-state index in [0.29, 0.717) is 24.6 Å². The second-order valence-corrected chi connectivity index (χ2v) is 5.26. The van der Waals surface area contributed by atoms with E-state index in [4.69, 9.17) is 5.26 Å². The predicted molar refractivity (Wildman–Crippen MR) is 67.8 cm³/mol. The zero-order chi connectivity index (χ0) is 12.3. The molecular weight excluding hydrogens is 283 g/mol. The van der Waals surface area contributed by atoms with Crippen molar-refractivity contribution in [3.8, 4) is 6.07 Å². The number of nitrogens with zero attached hydrogens (tertiary/aromatic N) is 2. The Balaban J connectivity index is 2.06. The van der Waals surface area contributed by atoms with Crippen LogP contribution in [0.5, 0.6) is 0 Å². The number of halogens is 2. The molecule has 4 heteroatoms. The van der Waals surface area contributed by atoms with Crippen molar-refractivity contribution in [3.05, 3.63) is 34.1 Å². The summed E-state index contributed by atoms with van der Waals surface area (Å²) in [5.41, 5.74) is 0.698.